The number of phenols is 1. The molecule has 0 spiro atoms. The number of cyclic esters (lactones) is 1. The van der Waals surface area contributed by atoms with E-state index in [1.165, 1.54) is 21.9 Å². The van der Waals surface area contributed by atoms with Gasteiger partial charge in [0.15, 0.2) is 5.60 Å². The molecule has 17 heteroatoms. The van der Waals surface area contributed by atoms with Crippen molar-refractivity contribution in [3.63, 3.8) is 0 Å². The van der Waals surface area contributed by atoms with Crippen LogP contribution in [-0.4, -0.2) is 147 Å². The molecule has 2 fully saturated rings. The molecule has 0 radical (unpaired) electrons. The molecule has 3 aliphatic heterocycles. The summed E-state index contributed by atoms with van der Waals surface area (Å²) in [6.07, 6.45) is 4.23. The van der Waals surface area contributed by atoms with Gasteiger partial charge in [-0.1, -0.05) is 46.4 Å². The first-order chi connectivity index (χ1) is 32.7. The van der Waals surface area contributed by atoms with Crippen LogP contribution in [0.15, 0.2) is 61.3 Å². The molecule has 4 aromatic rings. The number of aliphatic hydroxyl groups is 1. The molecule has 0 aliphatic carbocycles. The standard InChI is InChI=1S/C52H68N8O9/c1-11-43(62)58-19-17-52(67,29-58)50(66)57(9)44(31(3)4)46(63)54-41-23-32-20-35(24-36(61)21-32)34-15-16-42-37(25-34)39(26-51(5,6)30-69-49(65)40-14-13-18-60(55-40)48(41)64)45(59(42)12-2)38-22-33(28-56(7)8)27-53-47(38)68-10/h11,15-16,20-22,24-25,27,31,40-41,44,55,61,67H,1,12-14,17-19,23,26,28-30H2,2-10H3,(H,54,63)/t40-,41-,44-,52-/m0/s1. The number of aromatic nitrogens is 2. The average Bonchev–Trinajstić information content (AvgIpc) is 3.86. The number of methoxy groups -OCH3 is 1. The van der Waals surface area contributed by atoms with Crippen LogP contribution in [0.3, 0.4) is 0 Å². The van der Waals surface area contributed by atoms with E-state index in [0.717, 1.165) is 44.9 Å². The largest absolute Gasteiger partial charge is 0.508 e. The highest BCUT2D eigenvalue weighted by molar-refractivity contribution is 5.97. The summed E-state index contributed by atoms with van der Waals surface area (Å²) in [5, 5.41) is 28.1. The van der Waals surface area contributed by atoms with Crippen molar-refractivity contribution in [1.29, 1.82) is 0 Å². The number of esters is 1. The van der Waals surface area contributed by atoms with Gasteiger partial charge in [0, 0.05) is 68.6 Å². The SMILES string of the molecule is C=CC(=O)N1CC[C@@](O)(C(=O)N(C)[C@H](C(=O)N[C@H]2Cc3cc(O)cc(c3)-c3ccc4c(c3)c(c(-c3cc(CN(C)C)cnc3OC)n4CC)CC(C)(C)COC(=O)[C@@H]3CCCN(N3)C2=O)C(C)C)C1. The van der Waals surface area contributed by atoms with Gasteiger partial charge in [0.2, 0.25) is 17.7 Å². The van der Waals surface area contributed by atoms with Gasteiger partial charge in [0.05, 0.1) is 31.5 Å². The zero-order valence-corrected chi connectivity index (χ0v) is 41.4. The number of likely N-dealkylation sites (tertiary alicyclic amines) is 1. The number of aromatic hydroxyl groups is 1. The van der Waals surface area contributed by atoms with E-state index in [-0.39, 0.29) is 44.8 Å². The monoisotopic (exact) mass is 949 g/mol. The van der Waals surface area contributed by atoms with Gasteiger partial charge in [-0.3, -0.25) is 29.0 Å². The Morgan fingerprint density at radius 3 is 2.52 bits per heavy atom. The number of nitrogens with zero attached hydrogens (tertiary/aromatic N) is 6. The second kappa shape index (κ2) is 20.3. The zero-order valence-electron chi connectivity index (χ0n) is 41.4. The highest BCUT2D eigenvalue weighted by Crippen LogP contribution is 2.43. The number of pyridine rings is 1. The normalized spacial score (nSPS) is 21.2. The maximum Gasteiger partial charge on any atom is 0.324 e. The van der Waals surface area contributed by atoms with Gasteiger partial charge in [-0.05, 0) is 110 Å². The Morgan fingerprint density at radius 1 is 1.09 bits per heavy atom. The van der Waals surface area contributed by atoms with Crippen molar-refractivity contribution in [2.75, 3.05) is 54.5 Å². The number of hydrazine groups is 1. The molecular formula is C52H68N8O9. The smallest absolute Gasteiger partial charge is 0.324 e. The van der Waals surface area contributed by atoms with Crippen LogP contribution in [0.2, 0.25) is 0 Å². The third kappa shape index (κ3) is 10.6. The fourth-order valence-electron chi connectivity index (χ4n) is 10.2. The summed E-state index contributed by atoms with van der Waals surface area (Å²) in [6, 6.07) is 10.2. The van der Waals surface area contributed by atoms with Gasteiger partial charge in [-0.2, -0.15) is 0 Å². The number of aryl methyl sites for hydroxylation is 1. The Balaban J connectivity index is 1.32. The molecule has 4 N–H and O–H groups in total. The summed E-state index contributed by atoms with van der Waals surface area (Å²) >= 11 is 0. The van der Waals surface area contributed by atoms with Gasteiger partial charge in [-0.15, -0.1) is 0 Å². The first kappa shape index (κ1) is 50.6. The van der Waals surface area contributed by atoms with Gasteiger partial charge < -0.3 is 44.3 Å². The van der Waals surface area contributed by atoms with Crippen LogP contribution in [0.1, 0.15) is 70.6 Å². The molecule has 3 aliphatic rings. The predicted octanol–water partition coefficient (Wildman–Crippen LogP) is 4.45. The van der Waals surface area contributed by atoms with Crippen molar-refractivity contribution in [3.8, 4) is 34.0 Å². The summed E-state index contributed by atoms with van der Waals surface area (Å²) in [4.78, 5) is 79.0. The third-order valence-corrected chi connectivity index (χ3v) is 13.5. The lowest BCUT2D eigenvalue weighted by Crippen LogP contribution is -2.63. The third-order valence-electron chi connectivity index (χ3n) is 13.5. The van der Waals surface area contributed by atoms with Crippen molar-refractivity contribution in [2.24, 2.45) is 11.3 Å². The fraction of sp³-hybridized carbons (Fsp3) is 0.500. The molecule has 5 heterocycles. The van der Waals surface area contributed by atoms with Crippen molar-refractivity contribution >= 4 is 40.5 Å². The Labute approximate surface area is 404 Å². The van der Waals surface area contributed by atoms with E-state index in [4.69, 9.17) is 14.5 Å². The van der Waals surface area contributed by atoms with Crippen molar-refractivity contribution in [3.05, 3.63) is 78.0 Å². The first-order valence-corrected chi connectivity index (χ1v) is 23.8. The van der Waals surface area contributed by atoms with Crippen LogP contribution in [-0.2, 0) is 54.6 Å². The summed E-state index contributed by atoms with van der Waals surface area (Å²) < 4.78 is 14.3. The number of amides is 4. The van der Waals surface area contributed by atoms with E-state index in [1.54, 1.807) is 33.1 Å². The second-order valence-corrected chi connectivity index (χ2v) is 20.2. The molecule has 6 bridgehead atoms. The lowest BCUT2D eigenvalue weighted by molar-refractivity contribution is -0.156. The number of carbonyl (C=O) groups excluding carboxylic acids is 5. The van der Waals surface area contributed by atoms with Crippen molar-refractivity contribution in [1.82, 2.24) is 40.0 Å². The number of benzene rings is 2. The fourth-order valence-corrected chi connectivity index (χ4v) is 10.2. The number of phenolic OH excluding ortho intramolecular Hbond substituents is 1. The molecule has 370 valence electrons. The van der Waals surface area contributed by atoms with Gasteiger partial charge in [-0.25, -0.2) is 10.4 Å². The van der Waals surface area contributed by atoms with Crippen LogP contribution in [0, 0.1) is 11.3 Å². The minimum absolute atomic E-state index is 0.0259. The van der Waals surface area contributed by atoms with Gasteiger partial charge in [0.1, 0.15) is 23.9 Å². The number of likely N-dealkylation sites (N-methyl/N-ethyl adjacent to an activating group) is 1. The van der Waals surface area contributed by atoms with E-state index >= 15 is 0 Å². The molecule has 2 saturated heterocycles. The van der Waals surface area contributed by atoms with Gasteiger partial charge in [0.25, 0.3) is 11.8 Å². The van der Waals surface area contributed by atoms with Crippen LogP contribution in [0.4, 0.5) is 0 Å². The highest BCUT2D eigenvalue weighted by atomic mass is 16.5. The Kier molecular flexibility index (Phi) is 14.9. The maximum absolute atomic E-state index is 14.8. The predicted molar refractivity (Wildman–Crippen MR) is 262 cm³/mol. The summed E-state index contributed by atoms with van der Waals surface area (Å²) in [5.41, 5.74) is 7.36. The topological polar surface area (TPSA) is 199 Å². The molecule has 4 atom stereocenters. The Bertz CT molecular complexity index is 2640. The second-order valence-electron chi connectivity index (χ2n) is 20.2. The number of fused-ring (bicyclic) bond motifs is 6. The molecule has 7 rings (SSSR count). The van der Waals surface area contributed by atoms with Crippen molar-refractivity contribution in [2.45, 2.75) is 104 Å². The Hall–Kier alpha value is -6.30. The van der Waals surface area contributed by atoms with Crippen LogP contribution in [0.5, 0.6) is 11.6 Å². The van der Waals surface area contributed by atoms with Crippen molar-refractivity contribution < 1.29 is 43.7 Å². The number of rotatable bonds is 11. The molecule has 0 saturated carbocycles. The molecule has 4 amide bonds. The minimum atomic E-state index is -1.93. The van der Waals surface area contributed by atoms with E-state index < -0.39 is 64.7 Å². The zero-order chi connectivity index (χ0) is 50.1. The number of β-amino-alcohol motifs (C(OH)–C–C–N with tert-alkyl or cyclic N) is 1. The van der Waals surface area contributed by atoms with Crippen LogP contribution >= 0.6 is 0 Å². The molecule has 69 heavy (non-hydrogen) atoms. The van der Waals surface area contributed by atoms with E-state index in [0.29, 0.717) is 49.4 Å². The molecule has 17 nitrogen and oxygen atoms in total. The number of ether oxygens (including phenoxy) is 2. The molecule has 2 aromatic carbocycles. The summed E-state index contributed by atoms with van der Waals surface area (Å²) in [5.74, 6) is -2.89. The van der Waals surface area contributed by atoms with E-state index in [2.05, 4.69) is 65.8 Å². The van der Waals surface area contributed by atoms with E-state index in [9.17, 15) is 34.2 Å². The van der Waals surface area contributed by atoms with Gasteiger partial charge >= 0.3 is 5.97 Å². The number of carbonyl (C=O) groups is 5. The molecule has 0 unspecified atom stereocenters. The number of hydrogen-bond acceptors (Lipinski definition) is 12. The van der Waals surface area contributed by atoms with E-state index in [1.807, 2.05) is 32.4 Å². The number of hydrogen-bond donors (Lipinski definition) is 4. The maximum atomic E-state index is 14.8. The lowest BCUT2D eigenvalue weighted by atomic mass is 9.84. The summed E-state index contributed by atoms with van der Waals surface area (Å²) in [7, 11) is 7.06. The minimum Gasteiger partial charge on any atom is -0.508 e. The quantitative estimate of drug-likeness (QED) is 0.122. The molecular weight excluding hydrogens is 881 g/mol. The Morgan fingerprint density at radius 2 is 1.84 bits per heavy atom. The molecule has 2 aromatic heterocycles. The average molecular weight is 949 g/mol. The summed E-state index contributed by atoms with van der Waals surface area (Å²) in [6.45, 7) is 14.7. The highest BCUT2D eigenvalue weighted by Gasteiger charge is 2.48. The lowest BCUT2D eigenvalue weighted by Gasteiger charge is -2.37. The van der Waals surface area contributed by atoms with Crippen LogP contribution < -0.4 is 15.5 Å². The number of nitrogens with one attached hydrogen (secondary N) is 2. The van der Waals surface area contributed by atoms with Crippen LogP contribution in [0.25, 0.3) is 33.3 Å². The first-order valence-electron chi connectivity index (χ1n) is 23.8.